The van der Waals surface area contributed by atoms with Crippen molar-refractivity contribution in [3.05, 3.63) is 387 Å². The second kappa shape index (κ2) is 66.6. The van der Waals surface area contributed by atoms with E-state index < -0.39 is 24.4 Å². The molecule has 123 heavy (non-hydrogen) atoms. The Morgan fingerprint density at radius 3 is 0.902 bits per heavy atom. The van der Waals surface area contributed by atoms with E-state index in [9.17, 15) is 40.9 Å². The number of ether oxygens (including phenoxy) is 4. The van der Waals surface area contributed by atoms with Crippen molar-refractivity contribution in [3.8, 4) is 40.2 Å². The quantitative estimate of drug-likeness (QED) is 0.00362. The number of halogens is 1. The van der Waals surface area contributed by atoms with E-state index in [4.69, 9.17) is 29.0 Å². The van der Waals surface area contributed by atoms with Gasteiger partial charge in [0.25, 0.3) is 6.47 Å². The zero-order valence-electron chi connectivity index (χ0n) is 72.6. The van der Waals surface area contributed by atoms with Gasteiger partial charge in [-0.05, 0) is 229 Å². The van der Waals surface area contributed by atoms with Gasteiger partial charge in [0.2, 0.25) is 0 Å². The minimum Gasteiger partial charge on any atom is -1.00 e. The second-order valence-corrected chi connectivity index (χ2v) is 29.4. The summed E-state index contributed by atoms with van der Waals surface area (Å²) >= 11 is 3.29. The summed E-state index contributed by atoms with van der Waals surface area (Å²) in [6.07, 6.45) is 11.5. The monoisotopic (exact) mass is 1790 g/mol. The number of carbonyl (C=O) groups excluding carboxylic acids is 1. The average Bonchev–Trinajstić information content (AvgIpc) is 1.70. The predicted molar refractivity (Wildman–Crippen MR) is 493 cm³/mol. The van der Waals surface area contributed by atoms with Crippen molar-refractivity contribution < 1.29 is 179 Å². The van der Waals surface area contributed by atoms with Crippen molar-refractivity contribution in [2.75, 3.05) is 11.9 Å². The Morgan fingerprint density at radius 1 is 0.382 bits per heavy atom. The van der Waals surface area contributed by atoms with Gasteiger partial charge in [-0.3, -0.25) is 4.79 Å². The first-order valence-corrected chi connectivity index (χ1v) is 42.2. The number of epoxide rings is 1. The summed E-state index contributed by atoms with van der Waals surface area (Å²) in [6, 6.07) is 98.6. The van der Waals surface area contributed by atoms with Crippen molar-refractivity contribution >= 4 is 22.4 Å². The maximum Gasteiger partial charge on any atom is 1.00 e. The molecule has 1 aliphatic rings. The Balaban J connectivity index is 0.000000740. The van der Waals surface area contributed by atoms with Crippen LogP contribution < -0.4 is 122 Å². The number of hydrogen-bond acceptors (Lipinski definition) is 15. The molecule has 648 valence electrons. The summed E-state index contributed by atoms with van der Waals surface area (Å²) in [4.78, 5) is 11.2. The van der Waals surface area contributed by atoms with Gasteiger partial charge >= 0.3 is 103 Å². The molecule has 1 saturated heterocycles. The molecular formula is C105H129BrK2O15. The van der Waals surface area contributed by atoms with Crippen LogP contribution in [-0.4, -0.2) is 59.3 Å². The molecule has 13 rings (SSSR count). The van der Waals surface area contributed by atoms with Gasteiger partial charge in [0.15, 0.2) is 0 Å². The van der Waals surface area contributed by atoms with Gasteiger partial charge in [-0.25, -0.2) is 0 Å². The normalized spacial score (nSPS) is 12.0. The molecule has 0 amide bonds. The molecule has 0 bridgehead atoms. The van der Waals surface area contributed by atoms with E-state index in [1.165, 1.54) is 88.2 Å². The van der Waals surface area contributed by atoms with Gasteiger partial charge in [-0.1, -0.05) is 308 Å². The van der Waals surface area contributed by atoms with Crippen molar-refractivity contribution in [1.82, 2.24) is 0 Å². The number of unbranched alkanes of at least 4 members (excludes halogenated alkanes) is 3. The summed E-state index contributed by atoms with van der Waals surface area (Å²) in [6.45, 7) is 14.7. The van der Waals surface area contributed by atoms with Crippen LogP contribution in [0.1, 0.15) is 215 Å². The van der Waals surface area contributed by atoms with Gasteiger partial charge in [0.05, 0.1) is 31.0 Å². The Hall–Kier alpha value is -7.78. The standard InChI is InChI=1S/C25H28O2.2C17H20O3.C16H17BrO2.C16H16O2.C9H12.C2H6.CH2O3.2CH4.2K.H/c1-20-16-23(18-24(17-20)27-19-22-13-6-3-7-14-22)25(26)15-9-8-12-21-10-4-2-5-11-21;2*18-15-10-14(11-16(19)12-15)17(20)9-5-4-8-13-6-2-1-3-7-13;1-12-7-14(16(18)10-17)9-15(8-12)19-11-13-5-3-2-4-6-13;1-12-7-14(16-11-18-16)9-15(8-12)17-10-13-5-3-2-4-6-13;1-2-6-9-7-4-3-5-8-9;1-2;2-1-4-3;;;;;/h2-7,10-11,13-14,16-18,25-26H,8-9,12,15,19H2,1H3;2*1-3,6-7,10-12,17-20H,4-5,8-9H2;2-9,16,18H,10-11H2,1H3;2-9,16H,10-11H2,1H3;3-5,7-8H,2,6H2,1H3;1-2H3;1,3H;2*1H4;;;/q;;;;;;;;;;2*+1;-1/p-1. The molecule has 0 aliphatic carbocycles. The molecule has 5 unspecified atom stereocenters. The van der Waals surface area contributed by atoms with Gasteiger partial charge < -0.3 is 71.4 Å². The Bertz CT molecular complexity index is 4540. The molecule has 5 atom stereocenters. The largest absolute Gasteiger partial charge is 1.00 e. The summed E-state index contributed by atoms with van der Waals surface area (Å²) in [5.41, 5.74) is 16.4. The fourth-order valence-corrected chi connectivity index (χ4v) is 13.1. The Kier molecular flexibility index (Phi) is 60.3. The number of aliphatic hydroxyl groups excluding tert-OH is 4. The third-order valence-corrected chi connectivity index (χ3v) is 19.3. The van der Waals surface area contributed by atoms with E-state index >= 15 is 0 Å². The number of aryl methyl sites for hydroxylation is 7. The predicted octanol–water partition coefficient (Wildman–Crippen LogP) is 18.2. The number of alkyl halides is 1. The zero-order chi connectivity index (χ0) is 85.6. The molecule has 18 heteroatoms. The molecule has 0 spiro atoms. The summed E-state index contributed by atoms with van der Waals surface area (Å²) < 4.78 is 22.9. The molecule has 1 fully saturated rings. The molecule has 0 aromatic heterocycles. The van der Waals surface area contributed by atoms with E-state index in [0.717, 1.165) is 121 Å². The van der Waals surface area contributed by atoms with Crippen LogP contribution in [-0.2, 0) is 59.9 Å². The molecule has 12 aromatic carbocycles. The van der Waals surface area contributed by atoms with Crippen molar-refractivity contribution in [2.24, 2.45) is 0 Å². The number of benzene rings is 12. The third-order valence-electron chi connectivity index (χ3n) is 18.7. The first-order chi connectivity index (χ1) is 57.8. The van der Waals surface area contributed by atoms with Crippen molar-refractivity contribution in [3.63, 3.8) is 0 Å². The number of carbonyl (C=O) groups is 1. The van der Waals surface area contributed by atoms with Crippen LogP contribution in [0.25, 0.3) is 0 Å². The summed E-state index contributed by atoms with van der Waals surface area (Å²) in [5.74, 6) is 2.43. The number of aromatic hydroxyl groups is 4. The number of hydrogen-bond donors (Lipinski definition) is 8. The smallest absolute Gasteiger partial charge is 1.00 e. The minimum atomic E-state index is -0.649. The topological polar surface area (TPSA) is 251 Å². The molecule has 0 saturated carbocycles. The van der Waals surface area contributed by atoms with E-state index in [1.807, 2.05) is 167 Å². The van der Waals surface area contributed by atoms with Gasteiger partial charge in [0.1, 0.15) is 66.2 Å². The van der Waals surface area contributed by atoms with E-state index in [1.54, 1.807) is 0 Å². The van der Waals surface area contributed by atoms with E-state index in [0.29, 0.717) is 49.1 Å². The first-order valence-electron chi connectivity index (χ1n) is 41.0. The van der Waals surface area contributed by atoms with Crippen molar-refractivity contribution in [1.29, 1.82) is 0 Å². The fraction of sp³-hybridized carbons (Fsp3) is 0.305. The van der Waals surface area contributed by atoms with Crippen LogP contribution in [0.4, 0.5) is 0 Å². The minimum absolute atomic E-state index is 0. The third kappa shape index (κ3) is 47.9. The van der Waals surface area contributed by atoms with E-state index in [2.05, 4.69) is 162 Å². The summed E-state index contributed by atoms with van der Waals surface area (Å²) in [7, 11) is 0. The van der Waals surface area contributed by atoms with Crippen LogP contribution in [0, 0.1) is 20.8 Å². The van der Waals surface area contributed by atoms with Gasteiger partial charge in [0, 0.05) is 17.5 Å². The van der Waals surface area contributed by atoms with Gasteiger partial charge in [-0.2, -0.15) is 0 Å². The molecular weight excluding hydrogens is 1660 g/mol. The maximum absolute atomic E-state index is 10.6. The van der Waals surface area contributed by atoms with E-state index in [-0.39, 0.29) is 155 Å². The second-order valence-electron chi connectivity index (χ2n) is 28.8. The fourth-order valence-electron chi connectivity index (χ4n) is 12.7. The maximum atomic E-state index is 10.6. The number of rotatable bonds is 33. The SMILES string of the molecule is C.C.CC.CCCc1ccccc1.Cc1cc(OCc2ccccc2)cc(C(O)CBr)c1.Cc1cc(OCc2ccccc2)cc(C(O)CCCCc2ccccc2)c1.Cc1cc(OCc2ccccc2)cc(C2CO2)c1.O=CO[O-].Oc1cc(O)cc(C(O)CCCCc2ccccc2)c1.Oc1cc(O)cc(C(O)CCCCc2ccccc2)c1.[H-].[K+].[K+]. The average molecular weight is 1790 g/mol. The summed E-state index contributed by atoms with van der Waals surface area (Å²) in [5, 5.41) is 87.1. The van der Waals surface area contributed by atoms with Crippen LogP contribution in [0.5, 0.6) is 40.2 Å². The number of aliphatic hydroxyl groups is 4. The molecule has 1 aliphatic heterocycles. The molecule has 15 nitrogen and oxygen atoms in total. The molecule has 1 heterocycles. The van der Waals surface area contributed by atoms with Gasteiger partial charge in [-0.15, -0.1) is 0 Å². The Morgan fingerprint density at radius 2 is 0.634 bits per heavy atom. The molecule has 12 aromatic rings. The van der Waals surface area contributed by atoms with Crippen LogP contribution in [0.3, 0.4) is 0 Å². The van der Waals surface area contributed by atoms with Crippen LogP contribution in [0.15, 0.2) is 303 Å². The first kappa shape index (κ1) is 111. The zero-order valence-corrected chi connectivity index (χ0v) is 79.4. The van der Waals surface area contributed by atoms with Crippen LogP contribution >= 0.6 is 15.9 Å². The molecule has 0 radical (unpaired) electrons. The molecule has 8 N–H and O–H groups in total. The van der Waals surface area contributed by atoms with Crippen molar-refractivity contribution in [2.45, 2.75) is 197 Å². The Labute approximate surface area is 827 Å². The number of phenolic OH excluding ortho intramolecular Hbond substituents is 4. The van der Waals surface area contributed by atoms with Crippen LogP contribution in [0.2, 0.25) is 0 Å². The number of phenols is 4.